The van der Waals surface area contributed by atoms with Crippen LogP contribution in [-0.2, 0) is 24.0 Å². The van der Waals surface area contributed by atoms with Gasteiger partial charge in [0.05, 0.1) is 6.33 Å². The van der Waals surface area contributed by atoms with E-state index < -0.39 is 10.4 Å². The Labute approximate surface area is 181 Å². The molecular formula is C10H14N4Na2O7S. The van der Waals surface area contributed by atoms with E-state index in [1.54, 1.807) is 7.05 Å². The smallest absolute Gasteiger partial charge is 0.759 e. The van der Waals surface area contributed by atoms with Gasteiger partial charge < -0.3 is 19.2 Å². The molecule has 0 amide bonds. The van der Waals surface area contributed by atoms with Crippen molar-refractivity contribution in [3.63, 3.8) is 0 Å². The Morgan fingerprint density at radius 3 is 2.29 bits per heavy atom. The second-order valence-electron chi connectivity index (χ2n) is 4.24. The number of fused-ring (bicyclic) bond motifs is 1. The van der Waals surface area contributed by atoms with Crippen LogP contribution in [-0.4, -0.2) is 48.3 Å². The van der Waals surface area contributed by atoms with Gasteiger partial charge in [0.15, 0.2) is 5.65 Å². The minimum Gasteiger partial charge on any atom is -0.759 e. The van der Waals surface area contributed by atoms with Gasteiger partial charge in [-0.1, -0.05) is 0 Å². The molecule has 0 atom stereocenters. The van der Waals surface area contributed by atoms with E-state index >= 15 is 0 Å². The maximum absolute atomic E-state index is 12.0. The third kappa shape index (κ3) is 7.91. The van der Waals surface area contributed by atoms with Crippen LogP contribution in [0.25, 0.3) is 11.2 Å². The molecule has 0 aromatic carbocycles. The van der Waals surface area contributed by atoms with Gasteiger partial charge in [-0.2, -0.15) is 0 Å². The zero-order chi connectivity index (χ0) is 16.9. The van der Waals surface area contributed by atoms with Gasteiger partial charge in [0, 0.05) is 30.6 Å². The van der Waals surface area contributed by atoms with Crippen LogP contribution in [0.1, 0.15) is 12.8 Å². The molecule has 2 aromatic rings. The van der Waals surface area contributed by atoms with Crippen LogP contribution >= 0.6 is 0 Å². The number of aliphatic hydroxyl groups is 1. The number of rotatable bonds is 4. The van der Waals surface area contributed by atoms with Gasteiger partial charge in [-0.15, -0.1) is 0 Å². The molecular weight excluding hydrogens is 366 g/mol. The van der Waals surface area contributed by atoms with Crippen molar-refractivity contribution in [1.29, 1.82) is 0 Å². The SMILES string of the molecule is Cn1c(=O)n(CCCCO)c(=O)c2[nH]cnc21.O=S(=O)([O-])[O-].[Na+].[Na+]. The first-order valence-corrected chi connectivity index (χ1v) is 7.40. The Balaban J connectivity index is 0. The standard InChI is InChI=1S/C10H14N4O3.2Na.H2O4S/c1-13-8-7(11-6-12-8)9(16)14(10(13)17)4-2-3-5-15;;;1-5(2,3)4/h6,15H,2-5H2,1H3,(H,11,12);;;(H2,1,2,3,4)/q;2*+1;/p-2. The number of nitrogens with zero attached hydrogens (tertiary/aromatic N) is 3. The van der Waals surface area contributed by atoms with Crippen LogP contribution in [0.5, 0.6) is 0 Å². The maximum atomic E-state index is 12.0. The normalized spacial score (nSPS) is 10.3. The van der Waals surface area contributed by atoms with Crippen LogP contribution in [0, 0.1) is 0 Å². The van der Waals surface area contributed by atoms with E-state index in [0.29, 0.717) is 30.6 Å². The zero-order valence-corrected chi connectivity index (χ0v) is 18.4. The van der Waals surface area contributed by atoms with E-state index in [9.17, 15) is 9.59 Å². The van der Waals surface area contributed by atoms with Gasteiger partial charge in [0.1, 0.15) is 5.52 Å². The summed E-state index contributed by atoms with van der Waals surface area (Å²) in [6.45, 7) is 0.363. The fourth-order valence-corrected chi connectivity index (χ4v) is 1.77. The molecule has 0 aliphatic rings. The number of nitrogens with one attached hydrogen (secondary N) is 1. The molecule has 24 heavy (non-hydrogen) atoms. The van der Waals surface area contributed by atoms with Crippen LogP contribution in [0.4, 0.5) is 0 Å². The molecule has 0 saturated heterocycles. The fourth-order valence-electron chi connectivity index (χ4n) is 1.77. The van der Waals surface area contributed by atoms with Crippen LogP contribution < -0.4 is 70.4 Å². The first-order chi connectivity index (χ1) is 10.2. The van der Waals surface area contributed by atoms with Crippen molar-refractivity contribution < 1.29 is 81.7 Å². The summed E-state index contributed by atoms with van der Waals surface area (Å²) in [5, 5.41) is 8.69. The number of aryl methyl sites for hydroxylation is 1. The molecule has 2 rings (SSSR count). The summed E-state index contributed by atoms with van der Waals surface area (Å²) in [5.41, 5.74) is -0.0550. The van der Waals surface area contributed by atoms with Crippen molar-refractivity contribution in [3.8, 4) is 0 Å². The number of hydrogen-bond donors (Lipinski definition) is 2. The van der Waals surface area contributed by atoms with E-state index in [4.69, 9.17) is 22.6 Å². The molecule has 0 aliphatic carbocycles. The second kappa shape index (κ2) is 11.6. The van der Waals surface area contributed by atoms with Gasteiger partial charge in [0.2, 0.25) is 0 Å². The number of aliphatic hydroxyl groups excluding tert-OH is 1. The fraction of sp³-hybridized carbons (Fsp3) is 0.500. The van der Waals surface area contributed by atoms with Crippen molar-refractivity contribution in [3.05, 3.63) is 27.2 Å². The average molecular weight is 380 g/mol. The number of hydrogen-bond acceptors (Lipinski definition) is 8. The molecule has 0 bridgehead atoms. The molecule has 0 saturated carbocycles. The summed E-state index contributed by atoms with van der Waals surface area (Å²) in [5.74, 6) is 0. The monoisotopic (exact) mass is 380 g/mol. The molecule has 0 spiro atoms. The van der Waals surface area contributed by atoms with Gasteiger partial charge in [-0.25, -0.2) is 9.78 Å². The molecule has 0 unspecified atom stereocenters. The van der Waals surface area contributed by atoms with Crippen LogP contribution in [0.2, 0.25) is 0 Å². The quantitative estimate of drug-likeness (QED) is 0.228. The largest absolute Gasteiger partial charge is 1.00 e. The number of unbranched alkanes of at least 4 members (excludes halogenated alkanes) is 1. The average Bonchev–Trinajstić information content (AvgIpc) is 2.88. The van der Waals surface area contributed by atoms with Crippen molar-refractivity contribution in [2.45, 2.75) is 19.4 Å². The summed E-state index contributed by atoms with van der Waals surface area (Å²) in [7, 11) is -3.59. The van der Waals surface area contributed by atoms with E-state index in [1.165, 1.54) is 10.9 Å². The van der Waals surface area contributed by atoms with Crippen LogP contribution in [0.15, 0.2) is 15.9 Å². The Morgan fingerprint density at radius 2 is 1.79 bits per heavy atom. The third-order valence-electron chi connectivity index (χ3n) is 2.70. The minimum atomic E-state index is -5.17. The summed E-state index contributed by atoms with van der Waals surface area (Å²) in [6, 6.07) is 0. The molecule has 11 nitrogen and oxygen atoms in total. The number of imidazole rings is 1. The summed E-state index contributed by atoms with van der Waals surface area (Å²) < 4.78 is 36.6. The molecule has 2 N–H and O–H groups in total. The zero-order valence-electron chi connectivity index (χ0n) is 13.6. The minimum absolute atomic E-state index is 0. The molecule has 124 valence electrons. The topological polar surface area (TPSA) is 173 Å². The van der Waals surface area contributed by atoms with E-state index in [-0.39, 0.29) is 77.0 Å². The predicted octanol–water partition coefficient (Wildman–Crippen LogP) is -8.13. The summed E-state index contributed by atoms with van der Waals surface area (Å²) in [6.07, 6.45) is 2.55. The van der Waals surface area contributed by atoms with Gasteiger partial charge in [-0.3, -0.25) is 22.3 Å². The number of H-pyrrole nitrogens is 1. The Bertz CT molecular complexity index is 850. The molecule has 0 aliphatic heterocycles. The molecule has 2 aromatic heterocycles. The predicted molar refractivity (Wildman–Crippen MR) is 72.4 cm³/mol. The molecule has 2 heterocycles. The third-order valence-corrected chi connectivity index (χ3v) is 2.70. The number of aromatic amines is 1. The maximum Gasteiger partial charge on any atom is 1.00 e. The molecule has 14 heteroatoms. The van der Waals surface area contributed by atoms with E-state index in [2.05, 4.69) is 9.97 Å². The first kappa shape index (κ1) is 26.2. The summed E-state index contributed by atoms with van der Waals surface area (Å²) >= 11 is 0. The van der Waals surface area contributed by atoms with Crippen LogP contribution in [0.3, 0.4) is 0 Å². The first-order valence-electron chi connectivity index (χ1n) is 6.07. The summed E-state index contributed by atoms with van der Waals surface area (Å²) in [4.78, 5) is 30.5. The van der Waals surface area contributed by atoms with Crippen molar-refractivity contribution >= 4 is 21.6 Å². The van der Waals surface area contributed by atoms with Gasteiger partial charge >= 0.3 is 64.8 Å². The van der Waals surface area contributed by atoms with Gasteiger partial charge in [0.25, 0.3) is 5.56 Å². The van der Waals surface area contributed by atoms with E-state index in [0.717, 1.165) is 4.57 Å². The Morgan fingerprint density at radius 1 is 1.25 bits per heavy atom. The van der Waals surface area contributed by atoms with Crippen molar-refractivity contribution in [2.24, 2.45) is 7.05 Å². The second-order valence-corrected chi connectivity index (χ2v) is 5.05. The molecule has 0 radical (unpaired) electrons. The van der Waals surface area contributed by atoms with Crippen molar-refractivity contribution in [2.75, 3.05) is 6.61 Å². The van der Waals surface area contributed by atoms with Gasteiger partial charge in [-0.05, 0) is 12.8 Å². The molecule has 0 fully saturated rings. The Kier molecular flexibility index (Phi) is 12.6. The van der Waals surface area contributed by atoms with E-state index in [1.807, 2.05) is 0 Å². The van der Waals surface area contributed by atoms with Crippen molar-refractivity contribution in [1.82, 2.24) is 19.1 Å². The Hall–Kier alpha value is -0.0200. The number of aromatic nitrogens is 4.